The summed E-state index contributed by atoms with van der Waals surface area (Å²) in [6.45, 7) is 5.23. The molecule has 2 aliphatic rings. The fourth-order valence-electron chi connectivity index (χ4n) is 3.08. The van der Waals surface area contributed by atoms with Gasteiger partial charge in [0.25, 0.3) is 0 Å². The van der Waals surface area contributed by atoms with Gasteiger partial charge in [-0.25, -0.2) is 0 Å². The van der Waals surface area contributed by atoms with E-state index in [4.69, 9.17) is 5.73 Å². The summed E-state index contributed by atoms with van der Waals surface area (Å²) in [6, 6.07) is 0. The van der Waals surface area contributed by atoms with Crippen LogP contribution in [0, 0.1) is 11.3 Å². The molecular weight excluding hydrogens is 230 g/mol. The van der Waals surface area contributed by atoms with Crippen LogP contribution in [-0.2, 0) is 9.59 Å². The van der Waals surface area contributed by atoms with Crippen molar-refractivity contribution in [2.75, 3.05) is 26.2 Å². The lowest BCUT2D eigenvalue weighted by atomic mass is 9.86. The molecule has 5 heteroatoms. The third kappa shape index (κ3) is 2.83. The average Bonchev–Trinajstić information content (AvgIpc) is 2.76. The zero-order valence-corrected chi connectivity index (χ0v) is 11.1. The van der Waals surface area contributed by atoms with Crippen molar-refractivity contribution in [3.05, 3.63) is 0 Å². The first-order chi connectivity index (χ1) is 8.51. The van der Waals surface area contributed by atoms with Gasteiger partial charge in [-0.05, 0) is 38.6 Å². The first-order valence-electron chi connectivity index (χ1n) is 6.80. The van der Waals surface area contributed by atoms with Gasteiger partial charge in [0.1, 0.15) is 0 Å². The average molecular weight is 253 g/mol. The monoisotopic (exact) mass is 253 g/mol. The van der Waals surface area contributed by atoms with Gasteiger partial charge in [0.2, 0.25) is 11.8 Å². The standard InChI is InChI=1S/C13H23N3O2/c1-13(4-5-15-9-13)12(18)16-6-2-3-10(8-16)7-11(14)17/h10,15H,2-9H2,1H3,(H2,14,17)/t10-,13-/m0/s1. The molecule has 2 amide bonds. The van der Waals surface area contributed by atoms with Gasteiger partial charge in [-0.3, -0.25) is 9.59 Å². The maximum atomic E-state index is 12.5. The van der Waals surface area contributed by atoms with Crippen molar-refractivity contribution in [1.82, 2.24) is 10.2 Å². The maximum absolute atomic E-state index is 12.5. The van der Waals surface area contributed by atoms with Crippen molar-refractivity contribution >= 4 is 11.8 Å². The molecule has 0 aromatic carbocycles. The molecule has 2 atom stereocenters. The highest BCUT2D eigenvalue weighted by Gasteiger charge is 2.40. The normalized spacial score (nSPS) is 32.5. The number of carbonyl (C=O) groups is 2. The molecule has 0 bridgehead atoms. The van der Waals surface area contributed by atoms with E-state index >= 15 is 0 Å². The second-order valence-electron chi connectivity index (χ2n) is 5.92. The Balaban J connectivity index is 1.95. The Labute approximate surface area is 108 Å². The second-order valence-corrected chi connectivity index (χ2v) is 5.92. The summed E-state index contributed by atoms with van der Waals surface area (Å²) in [5, 5.41) is 3.25. The summed E-state index contributed by atoms with van der Waals surface area (Å²) >= 11 is 0. The lowest BCUT2D eigenvalue weighted by Crippen LogP contribution is -2.48. The number of carbonyl (C=O) groups excluding carboxylic acids is 2. The van der Waals surface area contributed by atoms with Gasteiger partial charge >= 0.3 is 0 Å². The minimum atomic E-state index is -0.261. The van der Waals surface area contributed by atoms with E-state index in [-0.39, 0.29) is 23.1 Å². The largest absolute Gasteiger partial charge is 0.370 e. The fourth-order valence-corrected chi connectivity index (χ4v) is 3.08. The van der Waals surface area contributed by atoms with E-state index in [0.29, 0.717) is 13.0 Å². The molecule has 0 aromatic rings. The smallest absolute Gasteiger partial charge is 0.229 e. The van der Waals surface area contributed by atoms with Gasteiger partial charge in [-0.15, -0.1) is 0 Å². The minimum Gasteiger partial charge on any atom is -0.370 e. The number of primary amides is 1. The molecular formula is C13H23N3O2. The minimum absolute atomic E-state index is 0.238. The van der Waals surface area contributed by atoms with Crippen LogP contribution in [0.15, 0.2) is 0 Å². The van der Waals surface area contributed by atoms with Crippen molar-refractivity contribution in [2.24, 2.45) is 17.1 Å². The van der Waals surface area contributed by atoms with Crippen molar-refractivity contribution < 1.29 is 9.59 Å². The van der Waals surface area contributed by atoms with Crippen LogP contribution in [-0.4, -0.2) is 42.9 Å². The van der Waals surface area contributed by atoms with Crippen LogP contribution in [0.25, 0.3) is 0 Å². The van der Waals surface area contributed by atoms with Gasteiger partial charge in [0.15, 0.2) is 0 Å². The predicted octanol–water partition coefficient (Wildman–Crippen LogP) is 0.100. The van der Waals surface area contributed by atoms with E-state index in [1.807, 2.05) is 11.8 Å². The summed E-state index contributed by atoms with van der Waals surface area (Å²) in [5.41, 5.74) is 4.99. The second kappa shape index (κ2) is 5.26. The molecule has 2 heterocycles. The summed E-state index contributed by atoms with van der Waals surface area (Å²) in [5.74, 6) is 0.225. The SMILES string of the molecule is C[C@]1(C(=O)N2CCC[C@@H](CC(N)=O)C2)CCNC1. The zero-order valence-electron chi connectivity index (χ0n) is 11.1. The van der Waals surface area contributed by atoms with Crippen LogP contribution in [0.1, 0.15) is 32.6 Å². The Morgan fingerprint density at radius 1 is 1.50 bits per heavy atom. The van der Waals surface area contributed by atoms with Crippen LogP contribution in [0.2, 0.25) is 0 Å². The number of likely N-dealkylation sites (tertiary alicyclic amines) is 1. The number of piperidine rings is 1. The fraction of sp³-hybridized carbons (Fsp3) is 0.846. The summed E-state index contributed by atoms with van der Waals surface area (Å²) in [7, 11) is 0. The Morgan fingerprint density at radius 3 is 2.89 bits per heavy atom. The Bertz CT molecular complexity index is 337. The highest BCUT2D eigenvalue weighted by Crippen LogP contribution is 2.30. The first kappa shape index (κ1) is 13.3. The van der Waals surface area contributed by atoms with E-state index in [0.717, 1.165) is 38.9 Å². The third-order valence-corrected chi connectivity index (χ3v) is 4.18. The summed E-state index contributed by atoms with van der Waals surface area (Å²) in [4.78, 5) is 25.4. The van der Waals surface area contributed by atoms with Gasteiger partial charge < -0.3 is 16.0 Å². The number of rotatable bonds is 3. The highest BCUT2D eigenvalue weighted by atomic mass is 16.2. The molecule has 0 unspecified atom stereocenters. The molecule has 2 saturated heterocycles. The lowest BCUT2D eigenvalue weighted by Gasteiger charge is -2.37. The predicted molar refractivity (Wildman–Crippen MR) is 68.7 cm³/mol. The molecule has 2 rings (SSSR count). The first-order valence-corrected chi connectivity index (χ1v) is 6.80. The highest BCUT2D eigenvalue weighted by molar-refractivity contribution is 5.83. The van der Waals surface area contributed by atoms with Crippen molar-refractivity contribution in [1.29, 1.82) is 0 Å². The quantitative estimate of drug-likeness (QED) is 0.749. The van der Waals surface area contributed by atoms with Crippen molar-refractivity contribution in [3.8, 4) is 0 Å². The Hall–Kier alpha value is -1.10. The number of amides is 2. The molecule has 0 aromatic heterocycles. The Kier molecular flexibility index (Phi) is 3.90. The zero-order chi connectivity index (χ0) is 13.2. The molecule has 102 valence electrons. The van der Waals surface area contributed by atoms with Crippen LogP contribution in [0.3, 0.4) is 0 Å². The molecule has 2 aliphatic heterocycles. The van der Waals surface area contributed by atoms with Gasteiger partial charge in [-0.2, -0.15) is 0 Å². The van der Waals surface area contributed by atoms with Crippen LogP contribution in [0.4, 0.5) is 0 Å². The van der Waals surface area contributed by atoms with Crippen LogP contribution >= 0.6 is 0 Å². The molecule has 3 N–H and O–H groups in total. The topological polar surface area (TPSA) is 75.4 Å². The van der Waals surface area contributed by atoms with E-state index in [1.54, 1.807) is 0 Å². The van der Waals surface area contributed by atoms with Gasteiger partial charge in [0.05, 0.1) is 5.41 Å². The van der Waals surface area contributed by atoms with Gasteiger partial charge in [0, 0.05) is 26.1 Å². The van der Waals surface area contributed by atoms with E-state index in [1.165, 1.54) is 0 Å². The molecule has 0 radical (unpaired) electrons. The third-order valence-electron chi connectivity index (χ3n) is 4.18. The molecule has 0 saturated carbocycles. The van der Waals surface area contributed by atoms with Crippen molar-refractivity contribution in [3.63, 3.8) is 0 Å². The van der Waals surface area contributed by atoms with E-state index in [2.05, 4.69) is 5.32 Å². The van der Waals surface area contributed by atoms with Crippen LogP contribution in [0.5, 0.6) is 0 Å². The molecule has 5 nitrogen and oxygen atoms in total. The number of nitrogens with zero attached hydrogens (tertiary/aromatic N) is 1. The van der Waals surface area contributed by atoms with E-state index in [9.17, 15) is 9.59 Å². The lowest BCUT2D eigenvalue weighted by molar-refractivity contribution is -0.142. The van der Waals surface area contributed by atoms with E-state index < -0.39 is 0 Å². The summed E-state index contributed by atoms with van der Waals surface area (Å²) < 4.78 is 0. The number of hydrogen-bond acceptors (Lipinski definition) is 3. The molecule has 18 heavy (non-hydrogen) atoms. The Morgan fingerprint density at radius 2 is 2.28 bits per heavy atom. The molecule has 0 aliphatic carbocycles. The number of hydrogen-bond donors (Lipinski definition) is 2. The van der Waals surface area contributed by atoms with Crippen molar-refractivity contribution in [2.45, 2.75) is 32.6 Å². The van der Waals surface area contributed by atoms with Crippen LogP contribution < -0.4 is 11.1 Å². The van der Waals surface area contributed by atoms with Gasteiger partial charge in [-0.1, -0.05) is 0 Å². The summed E-state index contributed by atoms with van der Waals surface area (Å²) in [6.07, 6.45) is 3.29. The molecule has 2 fully saturated rings. The number of nitrogens with two attached hydrogens (primary N) is 1. The maximum Gasteiger partial charge on any atom is 0.229 e. The number of nitrogens with one attached hydrogen (secondary N) is 1. The molecule has 0 spiro atoms.